The van der Waals surface area contributed by atoms with E-state index < -0.39 is 0 Å². The van der Waals surface area contributed by atoms with Crippen LogP contribution in [0.4, 0.5) is 11.9 Å². The van der Waals surface area contributed by atoms with Crippen molar-refractivity contribution in [1.82, 2.24) is 34.1 Å². The first-order valence-electron chi connectivity index (χ1n) is 8.30. The molecule has 4 aromatic heterocycles. The Bertz CT molecular complexity index is 1050. The van der Waals surface area contributed by atoms with Gasteiger partial charge in [-0.25, -0.2) is 4.98 Å². The van der Waals surface area contributed by atoms with Crippen LogP contribution < -0.4 is 11.1 Å². The Kier molecular flexibility index (Phi) is 3.96. The molecule has 0 amide bonds. The highest BCUT2D eigenvalue weighted by molar-refractivity contribution is 5.60. The largest absolute Gasteiger partial charge is 0.368 e. The van der Waals surface area contributed by atoms with Gasteiger partial charge >= 0.3 is 0 Å². The molecule has 0 aliphatic carbocycles. The lowest BCUT2D eigenvalue weighted by atomic mass is 10.2. The highest BCUT2D eigenvalue weighted by Gasteiger charge is 2.09. The highest BCUT2D eigenvalue weighted by atomic mass is 15.3. The second-order valence-corrected chi connectivity index (χ2v) is 6.22. The van der Waals surface area contributed by atoms with Crippen LogP contribution in [-0.4, -0.2) is 34.1 Å². The summed E-state index contributed by atoms with van der Waals surface area (Å²) in [6, 6.07) is 6.17. The molecule has 9 heteroatoms. The van der Waals surface area contributed by atoms with Crippen LogP contribution in [0.3, 0.4) is 0 Å². The molecule has 0 aliphatic rings. The van der Waals surface area contributed by atoms with Crippen molar-refractivity contribution < 1.29 is 0 Å². The summed E-state index contributed by atoms with van der Waals surface area (Å²) in [5, 5.41) is 7.66. The third-order valence-electron chi connectivity index (χ3n) is 3.94. The van der Waals surface area contributed by atoms with Gasteiger partial charge in [0.1, 0.15) is 0 Å². The van der Waals surface area contributed by atoms with Gasteiger partial charge in [-0.2, -0.15) is 20.1 Å². The van der Waals surface area contributed by atoms with Gasteiger partial charge in [0, 0.05) is 24.0 Å². The molecule has 9 nitrogen and oxygen atoms in total. The molecule has 0 radical (unpaired) electrons. The summed E-state index contributed by atoms with van der Waals surface area (Å²) in [5.74, 6) is 1.08. The molecular formula is C17H19N9. The summed E-state index contributed by atoms with van der Waals surface area (Å²) in [5.41, 5.74) is 8.59. The Balaban J connectivity index is 1.57. The molecule has 0 saturated heterocycles. The number of rotatable bonds is 5. The van der Waals surface area contributed by atoms with Gasteiger partial charge in [0.2, 0.25) is 11.9 Å². The van der Waals surface area contributed by atoms with Gasteiger partial charge in [-0.05, 0) is 32.0 Å². The zero-order chi connectivity index (χ0) is 18.1. The maximum absolute atomic E-state index is 5.86. The number of anilines is 2. The van der Waals surface area contributed by atoms with E-state index in [0.717, 1.165) is 16.8 Å². The maximum Gasteiger partial charge on any atom is 0.228 e. The van der Waals surface area contributed by atoms with Gasteiger partial charge < -0.3 is 15.5 Å². The van der Waals surface area contributed by atoms with Crippen molar-refractivity contribution in [1.29, 1.82) is 0 Å². The summed E-state index contributed by atoms with van der Waals surface area (Å²) < 4.78 is 3.81. The molecule has 4 rings (SSSR count). The van der Waals surface area contributed by atoms with Crippen LogP contribution in [-0.2, 0) is 6.54 Å². The van der Waals surface area contributed by atoms with E-state index in [9.17, 15) is 0 Å². The standard InChI is InChI=1S/C17H19N9/c1-11(2)26-6-5-13(24-26)7-20-17-22-15(21-16(18)23-17)12-3-4-14-8-19-10-25(14)9-12/h3-6,8-11H,7H2,1-2H3,(H3,18,20,21,22,23). The first-order chi connectivity index (χ1) is 12.6. The van der Waals surface area contributed by atoms with Crippen molar-refractivity contribution in [3.8, 4) is 11.4 Å². The third-order valence-corrected chi connectivity index (χ3v) is 3.94. The zero-order valence-corrected chi connectivity index (χ0v) is 14.5. The van der Waals surface area contributed by atoms with Crippen molar-refractivity contribution in [2.24, 2.45) is 0 Å². The summed E-state index contributed by atoms with van der Waals surface area (Å²) in [6.07, 6.45) is 7.38. The first kappa shape index (κ1) is 16.0. The molecule has 4 aromatic rings. The lowest BCUT2D eigenvalue weighted by Crippen LogP contribution is -2.09. The second-order valence-electron chi connectivity index (χ2n) is 6.22. The van der Waals surface area contributed by atoms with Crippen LogP contribution in [0.25, 0.3) is 16.9 Å². The number of nitrogens with two attached hydrogens (primary N) is 1. The third kappa shape index (κ3) is 3.18. The fraction of sp³-hybridized carbons (Fsp3) is 0.235. The van der Waals surface area contributed by atoms with Crippen molar-refractivity contribution >= 4 is 17.4 Å². The summed E-state index contributed by atoms with van der Waals surface area (Å²) in [6.45, 7) is 4.67. The SMILES string of the molecule is CC(C)n1ccc(CNc2nc(N)nc(-c3ccc4cncn4c3)n2)n1. The lowest BCUT2D eigenvalue weighted by molar-refractivity contribution is 0.527. The van der Waals surface area contributed by atoms with Gasteiger partial charge in [0.25, 0.3) is 0 Å². The van der Waals surface area contributed by atoms with E-state index in [0.29, 0.717) is 24.4 Å². The average Bonchev–Trinajstić information content (AvgIpc) is 3.28. The predicted molar refractivity (Wildman–Crippen MR) is 98.4 cm³/mol. The highest BCUT2D eigenvalue weighted by Crippen LogP contribution is 2.18. The monoisotopic (exact) mass is 349 g/mol. The first-order valence-corrected chi connectivity index (χ1v) is 8.30. The Labute approximate surface area is 149 Å². The number of pyridine rings is 1. The van der Waals surface area contributed by atoms with E-state index in [2.05, 4.69) is 44.2 Å². The minimum Gasteiger partial charge on any atom is -0.368 e. The number of fused-ring (bicyclic) bond motifs is 1. The molecule has 0 spiro atoms. The van der Waals surface area contributed by atoms with Gasteiger partial charge in [-0.3, -0.25) is 4.68 Å². The van der Waals surface area contributed by atoms with Crippen LogP contribution in [0.1, 0.15) is 25.6 Å². The smallest absolute Gasteiger partial charge is 0.228 e. The van der Waals surface area contributed by atoms with Crippen LogP contribution in [0.5, 0.6) is 0 Å². The summed E-state index contributed by atoms with van der Waals surface area (Å²) in [7, 11) is 0. The lowest BCUT2D eigenvalue weighted by Gasteiger charge is -2.07. The molecular weight excluding hydrogens is 330 g/mol. The molecule has 0 fully saturated rings. The number of nitrogens with one attached hydrogen (secondary N) is 1. The normalized spacial score (nSPS) is 11.3. The molecule has 0 aromatic carbocycles. The molecule has 0 unspecified atom stereocenters. The number of nitrogen functional groups attached to an aromatic ring is 1. The van der Waals surface area contributed by atoms with Crippen molar-refractivity contribution in [3.05, 3.63) is 48.8 Å². The van der Waals surface area contributed by atoms with Crippen molar-refractivity contribution in [3.63, 3.8) is 0 Å². The number of hydrogen-bond donors (Lipinski definition) is 2. The Morgan fingerprint density at radius 2 is 2.04 bits per heavy atom. The fourth-order valence-electron chi connectivity index (χ4n) is 2.58. The van der Waals surface area contributed by atoms with E-state index in [4.69, 9.17) is 5.73 Å². The minimum atomic E-state index is 0.163. The van der Waals surface area contributed by atoms with Gasteiger partial charge in [0.05, 0.1) is 30.3 Å². The van der Waals surface area contributed by atoms with E-state index in [1.807, 2.05) is 39.7 Å². The minimum absolute atomic E-state index is 0.163. The fourth-order valence-corrected chi connectivity index (χ4v) is 2.58. The molecule has 0 atom stereocenters. The Hall–Kier alpha value is -3.49. The van der Waals surface area contributed by atoms with Gasteiger partial charge in [-0.1, -0.05) is 0 Å². The van der Waals surface area contributed by atoms with Gasteiger partial charge in [0.15, 0.2) is 5.82 Å². The molecule has 132 valence electrons. The number of hydrogen-bond acceptors (Lipinski definition) is 7. The van der Waals surface area contributed by atoms with Gasteiger partial charge in [-0.15, -0.1) is 0 Å². The number of imidazole rings is 1. The van der Waals surface area contributed by atoms with Crippen LogP contribution >= 0.6 is 0 Å². The summed E-state index contributed by atoms with van der Waals surface area (Å²) in [4.78, 5) is 17.0. The van der Waals surface area contributed by atoms with Crippen LogP contribution in [0.2, 0.25) is 0 Å². The Morgan fingerprint density at radius 1 is 1.15 bits per heavy atom. The predicted octanol–water partition coefficient (Wildman–Crippen LogP) is 2.16. The maximum atomic E-state index is 5.86. The van der Waals surface area contributed by atoms with E-state index >= 15 is 0 Å². The number of nitrogens with zero attached hydrogens (tertiary/aromatic N) is 7. The molecule has 3 N–H and O–H groups in total. The topological polar surface area (TPSA) is 112 Å². The molecule has 0 saturated carbocycles. The molecule has 4 heterocycles. The van der Waals surface area contributed by atoms with Crippen molar-refractivity contribution in [2.75, 3.05) is 11.1 Å². The van der Waals surface area contributed by atoms with Crippen LogP contribution in [0.15, 0.2) is 43.1 Å². The number of aromatic nitrogens is 7. The molecule has 0 aliphatic heterocycles. The molecule has 0 bridgehead atoms. The summed E-state index contributed by atoms with van der Waals surface area (Å²) >= 11 is 0. The van der Waals surface area contributed by atoms with Crippen LogP contribution in [0, 0.1) is 0 Å². The quantitative estimate of drug-likeness (QED) is 0.568. The molecule has 26 heavy (non-hydrogen) atoms. The second kappa shape index (κ2) is 6.43. The Morgan fingerprint density at radius 3 is 2.85 bits per heavy atom. The van der Waals surface area contributed by atoms with E-state index in [1.165, 1.54) is 0 Å². The average molecular weight is 349 g/mol. The van der Waals surface area contributed by atoms with E-state index in [1.54, 1.807) is 12.5 Å². The van der Waals surface area contributed by atoms with E-state index in [-0.39, 0.29) is 5.95 Å². The zero-order valence-electron chi connectivity index (χ0n) is 14.5. The van der Waals surface area contributed by atoms with Crippen molar-refractivity contribution in [2.45, 2.75) is 26.4 Å².